The molecule has 0 bridgehead atoms. The number of hydrogen-bond acceptors (Lipinski definition) is 6. The van der Waals surface area contributed by atoms with Crippen molar-refractivity contribution in [2.24, 2.45) is 11.3 Å². The SMILES string of the molecule is COc1ccc(S(=O)(=O)N2CCN(C(=O)C3CCCN(C(=O)C(C)(C)C)C3)CC2)cc1OC. The molecular weight excluding hydrogens is 446 g/mol. The summed E-state index contributed by atoms with van der Waals surface area (Å²) in [4.78, 5) is 29.4. The summed E-state index contributed by atoms with van der Waals surface area (Å²) in [6.45, 7) is 7.87. The lowest BCUT2D eigenvalue weighted by Crippen LogP contribution is -2.54. The third-order valence-corrected chi connectivity index (χ3v) is 8.14. The minimum atomic E-state index is -3.72. The van der Waals surface area contributed by atoms with Crippen LogP contribution in [-0.2, 0) is 19.6 Å². The normalized spacial score (nSPS) is 20.5. The zero-order chi connectivity index (χ0) is 24.4. The molecule has 2 aliphatic heterocycles. The highest BCUT2D eigenvalue weighted by Crippen LogP contribution is 2.31. The fraction of sp³-hybridized carbons (Fsp3) is 0.652. The van der Waals surface area contributed by atoms with E-state index in [0.717, 1.165) is 12.8 Å². The number of methoxy groups -OCH3 is 2. The summed E-state index contributed by atoms with van der Waals surface area (Å²) in [7, 11) is -0.772. The first-order valence-electron chi connectivity index (χ1n) is 11.3. The number of carbonyl (C=O) groups is 2. The summed E-state index contributed by atoms with van der Waals surface area (Å²) in [6, 6.07) is 4.52. The summed E-state index contributed by atoms with van der Waals surface area (Å²) in [6.07, 6.45) is 1.54. The number of likely N-dealkylation sites (tertiary alicyclic amines) is 1. The summed E-state index contributed by atoms with van der Waals surface area (Å²) >= 11 is 0. The fourth-order valence-electron chi connectivity index (χ4n) is 4.37. The van der Waals surface area contributed by atoms with Crippen molar-refractivity contribution in [3.8, 4) is 11.5 Å². The summed E-state index contributed by atoms with van der Waals surface area (Å²) in [5.41, 5.74) is -0.477. The van der Waals surface area contributed by atoms with Crippen LogP contribution in [-0.4, -0.2) is 87.8 Å². The maximum Gasteiger partial charge on any atom is 0.243 e. The number of ether oxygens (including phenoxy) is 2. The highest BCUT2D eigenvalue weighted by Gasteiger charge is 2.37. The van der Waals surface area contributed by atoms with Gasteiger partial charge in [-0.1, -0.05) is 20.8 Å². The van der Waals surface area contributed by atoms with Crippen LogP contribution in [0.5, 0.6) is 11.5 Å². The smallest absolute Gasteiger partial charge is 0.243 e. The number of piperazine rings is 1. The Bertz CT molecular complexity index is 980. The number of sulfonamides is 1. The van der Waals surface area contributed by atoms with Gasteiger partial charge in [-0.25, -0.2) is 8.42 Å². The van der Waals surface area contributed by atoms with Crippen LogP contribution in [0.1, 0.15) is 33.6 Å². The van der Waals surface area contributed by atoms with Gasteiger partial charge in [0.1, 0.15) is 0 Å². The van der Waals surface area contributed by atoms with Crippen molar-refractivity contribution in [2.45, 2.75) is 38.5 Å². The second kappa shape index (κ2) is 9.89. The molecule has 1 atom stereocenters. The molecule has 0 radical (unpaired) electrons. The number of nitrogens with zero attached hydrogens (tertiary/aromatic N) is 3. The van der Waals surface area contributed by atoms with Gasteiger partial charge >= 0.3 is 0 Å². The van der Waals surface area contributed by atoms with Crippen LogP contribution in [0.3, 0.4) is 0 Å². The second-order valence-corrected chi connectivity index (χ2v) is 11.5. The summed E-state index contributed by atoms with van der Waals surface area (Å²) in [5.74, 6) is 0.631. The molecule has 0 aromatic heterocycles. The molecule has 0 N–H and O–H groups in total. The number of amides is 2. The van der Waals surface area contributed by atoms with E-state index in [1.807, 2.05) is 20.8 Å². The van der Waals surface area contributed by atoms with Crippen LogP contribution >= 0.6 is 0 Å². The van der Waals surface area contributed by atoms with E-state index in [4.69, 9.17) is 9.47 Å². The van der Waals surface area contributed by atoms with Crippen molar-refractivity contribution in [3.05, 3.63) is 18.2 Å². The number of piperidine rings is 1. The van der Waals surface area contributed by atoms with Gasteiger partial charge in [-0.3, -0.25) is 9.59 Å². The Morgan fingerprint density at radius 1 is 0.939 bits per heavy atom. The molecular formula is C23H35N3O6S. The predicted molar refractivity (Wildman–Crippen MR) is 124 cm³/mol. The predicted octanol–water partition coefficient (Wildman–Crippen LogP) is 1.82. The highest BCUT2D eigenvalue weighted by molar-refractivity contribution is 7.89. The van der Waals surface area contributed by atoms with Crippen LogP contribution in [0.15, 0.2) is 23.1 Å². The molecule has 0 saturated carbocycles. The van der Waals surface area contributed by atoms with Crippen molar-refractivity contribution < 1.29 is 27.5 Å². The number of benzene rings is 1. The van der Waals surface area contributed by atoms with E-state index in [0.29, 0.717) is 37.7 Å². The maximum absolute atomic E-state index is 13.1. The maximum atomic E-state index is 13.1. The molecule has 2 saturated heterocycles. The van der Waals surface area contributed by atoms with Crippen molar-refractivity contribution in [1.82, 2.24) is 14.1 Å². The molecule has 1 aromatic carbocycles. The van der Waals surface area contributed by atoms with Crippen LogP contribution in [0.4, 0.5) is 0 Å². The van der Waals surface area contributed by atoms with Crippen LogP contribution in [0.25, 0.3) is 0 Å². The highest BCUT2D eigenvalue weighted by atomic mass is 32.2. The Hall–Kier alpha value is -2.33. The quantitative estimate of drug-likeness (QED) is 0.637. The lowest BCUT2D eigenvalue weighted by molar-refractivity contribution is -0.145. The molecule has 33 heavy (non-hydrogen) atoms. The van der Waals surface area contributed by atoms with E-state index >= 15 is 0 Å². The second-order valence-electron chi connectivity index (χ2n) is 9.59. The van der Waals surface area contributed by atoms with Gasteiger partial charge < -0.3 is 19.3 Å². The molecule has 0 aliphatic carbocycles. The first-order valence-corrected chi connectivity index (χ1v) is 12.7. The van der Waals surface area contributed by atoms with Gasteiger partial charge in [0.2, 0.25) is 21.8 Å². The molecule has 1 aromatic rings. The van der Waals surface area contributed by atoms with Gasteiger partial charge in [-0.15, -0.1) is 0 Å². The van der Waals surface area contributed by atoms with Gasteiger partial charge in [0, 0.05) is 50.7 Å². The Balaban J connectivity index is 1.63. The van der Waals surface area contributed by atoms with Gasteiger partial charge in [-0.05, 0) is 25.0 Å². The molecule has 0 spiro atoms. The van der Waals surface area contributed by atoms with Crippen molar-refractivity contribution in [3.63, 3.8) is 0 Å². The van der Waals surface area contributed by atoms with E-state index in [2.05, 4.69) is 0 Å². The van der Waals surface area contributed by atoms with Crippen LogP contribution < -0.4 is 9.47 Å². The van der Waals surface area contributed by atoms with Crippen molar-refractivity contribution in [1.29, 1.82) is 0 Å². The molecule has 3 rings (SSSR count). The van der Waals surface area contributed by atoms with Crippen molar-refractivity contribution in [2.75, 3.05) is 53.5 Å². The lowest BCUT2D eigenvalue weighted by Gasteiger charge is -2.40. The Kier molecular flexibility index (Phi) is 7.58. The first kappa shape index (κ1) is 25.3. The zero-order valence-electron chi connectivity index (χ0n) is 20.2. The van der Waals surface area contributed by atoms with Gasteiger partial charge in [0.05, 0.1) is 25.0 Å². The lowest BCUT2D eigenvalue weighted by atomic mass is 9.90. The first-order chi connectivity index (χ1) is 15.5. The average Bonchev–Trinajstić information content (AvgIpc) is 2.82. The van der Waals surface area contributed by atoms with E-state index in [1.54, 1.807) is 15.9 Å². The number of rotatable bonds is 5. The van der Waals surface area contributed by atoms with E-state index in [9.17, 15) is 18.0 Å². The molecule has 1 unspecified atom stereocenters. The van der Waals surface area contributed by atoms with Crippen molar-refractivity contribution >= 4 is 21.8 Å². The van der Waals surface area contributed by atoms with Gasteiger partial charge in [0.15, 0.2) is 11.5 Å². The van der Waals surface area contributed by atoms with E-state index in [1.165, 1.54) is 30.7 Å². The third-order valence-electron chi connectivity index (χ3n) is 6.24. The molecule has 9 nitrogen and oxygen atoms in total. The Morgan fingerprint density at radius 3 is 2.15 bits per heavy atom. The molecule has 2 amide bonds. The Labute approximate surface area is 196 Å². The van der Waals surface area contributed by atoms with Gasteiger partial charge in [0.25, 0.3) is 0 Å². The van der Waals surface area contributed by atoms with E-state index < -0.39 is 15.4 Å². The molecule has 2 heterocycles. The third kappa shape index (κ3) is 5.43. The van der Waals surface area contributed by atoms with Crippen LogP contribution in [0, 0.1) is 11.3 Å². The number of hydrogen-bond donors (Lipinski definition) is 0. The summed E-state index contributed by atoms with van der Waals surface area (Å²) < 4.78 is 38.1. The molecule has 10 heteroatoms. The molecule has 184 valence electrons. The van der Waals surface area contributed by atoms with Gasteiger partial charge in [-0.2, -0.15) is 4.31 Å². The van der Waals surface area contributed by atoms with Crippen LogP contribution in [0.2, 0.25) is 0 Å². The minimum Gasteiger partial charge on any atom is -0.493 e. The standard InChI is InChI=1S/C23H35N3O6S/c1-23(2,3)22(28)25-10-6-7-17(16-25)21(27)24-11-13-26(14-12-24)33(29,30)18-8-9-19(31-4)20(15-18)32-5/h8-9,15,17H,6-7,10-14,16H2,1-5H3. The molecule has 2 fully saturated rings. The largest absolute Gasteiger partial charge is 0.493 e. The number of carbonyl (C=O) groups excluding carboxylic acids is 2. The zero-order valence-corrected chi connectivity index (χ0v) is 21.0. The Morgan fingerprint density at radius 2 is 1.58 bits per heavy atom. The fourth-order valence-corrected chi connectivity index (χ4v) is 5.81. The monoisotopic (exact) mass is 481 g/mol. The summed E-state index contributed by atoms with van der Waals surface area (Å²) in [5, 5.41) is 0. The van der Waals surface area contributed by atoms with E-state index in [-0.39, 0.29) is 35.7 Å². The molecule has 2 aliphatic rings. The average molecular weight is 482 g/mol. The topological polar surface area (TPSA) is 96.5 Å². The minimum absolute atomic E-state index is 0.00424.